The number of hydrogen-bond acceptors (Lipinski definition) is 2. The Morgan fingerprint density at radius 3 is 2.81 bits per heavy atom. The fourth-order valence-corrected chi connectivity index (χ4v) is 2.88. The molecule has 1 fully saturated rings. The minimum atomic E-state index is 0.181. The van der Waals surface area contributed by atoms with Crippen LogP contribution in [0.15, 0.2) is 12.2 Å². The van der Waals surface area contributed by atoms with E-state index in [1.807, 2.05) is 0 Å². The Morgan fingerprint density at radius 2 is 2.12 bits per heavy atom. The van der Waals surface area contributed by atoms with Crippen molar-refractivity contribution in [3.05, 3.63) is 12.2 Å². The van der Waals surface area contributed by atoms with Gasteiger partial charge in [-0.05, 0) is 32.1 Å². The van der Waals surface area contributed by atoms with E-state index < -0.39 is 0 Å². The van der Waals surface area contributed by atoms with Gasteiger partial charge in [0.15, 0.2) is 0 Å². The van der Waals surface area contributed by atoms with E-state index in [9.17, 15) is 4.79 Å². The number of hydrogen-bond donors (Lipinski definition) is 2. The van der Waals surface area contributed by atoms with Gasteiger partial charge in [-0.1, -0.05) is 18.6 Å². The molecule has 3 atom stereocenters. The molecular formula is C13H22N2O. The molecule has 0 unspecified atom stereocenters. The quantitative estimate of drug-likeness (QED) is 0.712. The van der Waals surface area contributed by atoms with Gasteiger partial charge in [-0.15, -0.1) is 0 Å². The summed E-state index contributed by atoms with van der Waals surface area (Å²) in [6.07, 6.45) is 11.6. The Balaban J connectivity index is 1.90. The van der Waals surface area contributed by atoms with Crippen molar-refractivity contribution in [3.63, 3.8) is 0 Å². The molecule has 0 aromatic rings. The van der Waals surface area contributed by atoms with Crippen molar-refractivity contribution < 1.29 is 4.79 Å². The normalized spacial score (nSPS) is 33.9. The zero-order valence-electron chi connectivity index (χ0n) is 10.0. The van der Waals surface area contributed by atoms with Crippen molar-refractivity contribution in [2.45, 2.75) is 50.6 Å². The fourth-order valence-electron chi connectivity index (χ4n) is 2.88. The first-order valence-electron chi connectivity index (χ1n) is 6.45. The van der Waals surface area contributed by atoms with E-state index in [1.165, 1.54) is 25.7 Å². The number of carbonyl (C=O) groups is 1. The highest BCUT2D eigenvalue weighted by Crippen LogP contribution is 2.27. The smallest absolute Gasteiger partial charge is 0.224 e. The van der Waals surface area contributed by atoms with Gasteiger partial charge in [0, 0.05) is 19.1 Å². The van der Waals surface area contributed by atoms with Crippen LogP contribution >= 0.6 is 0 Å². The molecule has 16 heavy (non-hydrogen) atoms. The minimum absolute atomic E-state index is 0.181. The molecule has 3 heteroatoms. The van der Waals surface area contributed by atoms with Crippen molar-refractivity contribution in [2.75, 3.05) is 7.05 Å². The molecule has 2 rings (SSSR count). The van der Waals surface area contributed by atoms with E-state index >= 15 is 0 Å². The second-order valence-electron chi connectivity index (χ2n) is 4.89. The maximum Gasteiger partial charge on any atom is 0.224 e. The molecule has 3 nitrogen and oxygen atoms in total. The van der Waals surface area contributed by atoms with Crippen LogP contribution in [-0.4, -0.2) is 25.0 Å². The fraction of sp³-hybridized carbons (Fsp3) is 0.769. The predicted molar refractivity (Wildman–Crippen MR) is 65.1 cm³/mol. The summed E-state index contributed by atoms with van der Waals surface area (Å²) in [5.41, 5.74) is 0. The van der Waals surface area contributed by atoms with Crippen molar-refractivity contribution in [1.82, 2.24) is 10.6 Å². The van der Waals surface area contributed by atoms with Crippen LogP contribution in [0.4, 0.5) is 0 Å². The van der Waals surface area contributed by atoms with Gasteiger partial charge in [0.05, 0.1) is 5.92 Å². The summed E-state index contributed by atoms with van der Waals surface area (Å²) in [7, 11) is 1.73. The Hall–Kier alpha value is -0.830. The van der Waals surface area contributed by atoms with Crippen molar-refractivity contribution in [3.8, 4) is 0 Å². The summed E-state index contributed by atoms with van der Waals surface area (Å²) in [5.74, 6) is 0.384. The summed E-state index contributed by atoms with van der Waals surface area (Å²) in [4.78, 5) is 11.7. The lowest BCUT2D eigenvalue weighted by atomic mass is 9.98. The molecule has 2 N–H and O–H groups in total. The number of nitrogens with one attached hydrogen (secondary N) is 2. The zero-order chi connectivity index (χ0) is 11.4. The van der Waals surface area contributed by atoms with Gasteiger partial charge < -0.3 is 10.6 Å². The van der Waals surface area contributed by atoms with E-state index in [2.05, 4.69) is 22.8 Å². The second-order valence-corrected chi connectivity index (χ2v) is 4.89. The van der Waals surface area contributed by atoms with Gasteiger partial charge in [0.1, 0.15) is 0 Å². The van der Waals surface area contributed by atoms with E-state index in [-0.39, 0.29) is 11.8 Å². The average molecular weight is 222 g/mol. The highest BCUT2D eigenvalue weighted by Gasteiger charge is 2.33. The summed E-state index contributed by atoms with van der Waals surface area (Å²) >= 11 is 0. The first-order chi connectivity index (χ1) is 7.81. The van der Waals surface area contributed by atoms with Crippen LogP contribution < -0.4 is 10.6 Å². The average Bonchev–Trinajstić information content (AvgIpc) is 2.77. The minimum Gasteiger partial charge on any atom is -0.359 e. The van der Waals surface area contributed by atoms with Crippen LogP contribution in [0.25, 0.3) is 0 Å². The maximum atomic E-state index is 11.7. The lowest BCUT2D eigenvalue weighted by molar-refractivity contribution is -0.124. The molecule has 0 spiro atoms. The molecule has 0 bridgehead atoms. The lowest BCUT2D eigenvalue weighted by Gasteiger charge is -2.26. The molecule has 2 aliphatic rings. The summed E-state index contributed by atoms with van der Waals surface area (Å²) in [6, 6.07) is 0.872. The van der Waals surface area contributed by atoms with Crippen LogP contribution in [-0.2, 0) is 4.79 Å². The van der Waals surface area contributed by atoms with E-state index in [0.717, 1.165) is 12.8 Å². The van der Waals surface area contributed by atoms with Gasteiger partial charge in [0.25, 0.3) is 0 Å². The van der Waals surface area contributed by atoms with Gasteiger partial charge >= 0.3 is 0 Å². The zero-order valence-corrected chi connectivity index (χ0v) is 10.0. The highest BCUT2D eigenvalue weighted by molar-refractivity contribution is 5.79. The third-order valence-electron chi connectivity index (χ3n) is 3.78. The molecule has 1 saturated carbocycles. The van der Waals surface area contributed by atoms with Crippen LogP contribution in [0.2, 0.25) is 0 Å². The number of allylic oxidation sites excluding steroid dienone is 1. The third kappa shape index (κ3) is 2.64. The Morgan fingerprint density at radius 1 is 1.25 bits per heavy atom. The first-order valence-corrected chi connectivity index (χ1v) is 6.45. The van der Waals surface area contributed by atoms with Crippen molar-refractivity contribution >= 4 is 5.91 Å². The Kier molecular flexibility index (Phi) is 3.99. The molecule has 90 valence electrons. The van der Waals surface area contributed by atoms with E-state index in [1.54, 1.807) is 7.05 Å². The standard InChI is InChI=1S/C13H22N2O/c1-14-13(16)11-8-5-9-12(11)15-10-6-3-2-4-7-10/h3,6,10-12,15H,2,4-5,7-9H2,1H3,(H,14,16)/t10-,11+,12+/m0/s1. The molecule has 0 aliphatic heterocycles. The molecular weight excluding hydrogens is 200 g/mol. The van der Waals surface area contributed by atoms with Crippen LogP contribution in [0, 0.1) is 5.92 Å². The van der Waals surface area contributed by atoms with Gasteiger partial charge in [0.2, 0.25) is 5.91 Å². The van der Waals surface area contributed by atoms with E-state index in [0.29, 0.717) is 12.1 Å². The van der Waals surface area contributed by atoms with Gasteiger partial charge in [-0.3, -0.25) is 4.79 Å². The van der Waals surface area contributed by atoms with Crippen LogP contribution in [0.1, 0.15) is 38.5 Å². The third-order valence-corrected chi connectivity index (χ3v) is 3.78. The number of amides is 1. The molecule has 1 amide bonds. The molecule has 0 heterocycles. The number of carbonyl (C=O) groups excluding carboxylic acids is 1. The summed E-state index contributed by atoms with van der Waals surface area (Å²) < 4.78 is 0. The van der Waals surface area contributed by atoms with Crippen LogP contribution in [0.5, 0.6) is 0 Å². The van der Waals surface area contributed by atoms with Gasteiger partial charge in [-0.2, -0.15) is 0 Å². The van der Waals surface area contributed by atoms with E-state index in [4.69, 9.17) is 0 Å². The van der Waals surface area contributed by atoms with Crippen LogP contribution in [0.3, 0.4) is 0 Å². The van der Waals surface area contributed by atoms with Gasteiger partial charge in [-0.25, -0.2) is 0 Å². The van der Waals surface area contributed by atoms with Crippen molar-refractivity contribution in [1.29, 1.82) is 0 Å². The molecule has 0 aromatic heterocycles. The summed E-state index contributed by atoms with van der Waals surface area (Å²) in [6.45, 7) is 0. The predicted octanol–water partition coefficient (Wildman–Crippen LogP) is 1.60. The molecule has 0 radical (unpaired) electrons. The number of rotatable bonds is 3. The Labute approximate surface area is 97.7 Å². The second kappa shape index (κ2) is 5.48. The maximum absolute atomic E-state index is 11.7. The SMILES string of the molecule is CNC(=O)[C@@H]1CCC[C@H]1N[C@H]1C=CCCC1. The largest absolute Gasteiger partial charge is 0.359 e. The lowest BCUT2D eigenvalue weighted by Crippen LogP contribution is -2.44. The monoisotopic (exact) mass is 222 g/mol. The van der Waals surface area contributed by atoms with Crippen molar-refractivity contribution in [2.24, 2.45) is 5.92 Å². The first kappa shape index (κ1) is 11.6. The highest BCUT2D eigenvalue weighted by atomic mass is 16.1. The molecule has 0 saturated heterocycles. The topological polar surface area (TPSA) is 41.1 Å². The molecule has 2 aliphatic carbocycles. The Bertz CT molecular complexity index is 275. The molecule has 0 aromatic carbocycles. The summed E-state index contributed by atoms with van der Waals surface area (Å²) in [5, 5.41) is 6.41.